The van der Waals surface area contributed by atoms with Gasteiger partial charge in [-0.05, 0) is 109 Å². The number of halogens is 5. The van der Waals surface area contributed by atoms with Gasteiger partial charge in [0.1, 0.15) is 17.5 Å². The fourth-order valence-electron chi connectivity index (χ4n) is 8.39. The first kappa shape index (κ1) is 43.3. The van der Waals surface area contributed by atoms with E-state index in [2.05, 4.69) is 50.1 Å². The van der Waals surface area contributed by atoms with Crippen LogP contribution >= 0.6 is 0 Å². The van der Waals surface area contributed by atoms with Gasteiger partial charge >= 0.3 is 0 Å². The Hall–Kier alpha value is -7.33. The third kappa shape index (κ3) is 7.63. The summed E-state index contributed by atoms with van der Waals surface area (Å²) in [5, 5.41) is -0.209. The van der Waals surface area contributed by atoms with E-state index in [-0.39, 0.29) is 55.4 Å². The van der Waals surface area contributed by atoms with Crippen LogP contribution in [0.25, 0.3) is 21.9 Å². The number of anilines is 2. The monoisotopic (exact) mass is 870 g/mol. The number of nitrogens with zero attached hydrogens (tertiary/aromatic N) is 2. The maximum Gasteiger partial charge on any atom is 0.266 e. The van der Waals surface area contributed by atoms with Gasteiger partial charge in [-0.25, -0.2) is 31.8 Å². The van der Waals surface area contributed by atoms with Crippen molar-refractivity contribution in [1.29, 1.82) is 0 Å². The molecule has 0 fully saturated rings. The summed E-state index contributed by atoms with van der Waals surface area (Å²) in [6.45, 7) is 7.41. The second-order valence-corrected chi connectivity index (χ2v) is 15.5. The summed E-state index contributed by atoms with van der Waals surface area (Å²) in [5.74, 6) is -11.9. The van der Waals surface area contributed by atoms with Crippen LogP contribution < -0.4 is 14.5 Å². The Morgan fingerprint density at radius 3 is 1.69 bits per heavy atom. The third-order valence-electron chi connectivity index (χ3n) is 11.7. The average Bonchev–Trinajstić information content (AvgIpc) is 3.31. The number of carbonyl (C=O) groups is 4. The largest absolute Gasteiger partial charge is 0.494 e. The molecule has 0 radical (unpaired) electrons. The van der Waals surface area contributed by atoms with E-state index in [0.717, 1.165) is 53.2 Å². The van der Waals surface area contributed by atoms with Crippen molar-refractivity contribution in [2.45, 2.75) is 58.3 Å². The Kier molecular flexibility index (Phi) is 12.1. The predicted molar refractivity (Wildman–Crippen MR) is 231 cm³/mol. The van der Waals surface area contributed by atoms with Crippen LogP contribution in [0.1, 0.15) is 111 Å². The summed E-state index contributed by atoms with van der Waals surface area (Å²) in [6, 6.07) is 27.9. The van der Waals surface area contributed by atoms with E-state index in [1.54, 1.807) is 18.2 Å². The van der Waals surface area contributed by atoms with Gasteiger partial charge in [0, 0.05) is 39.4 Å². The van der Waals surface area contributed by atoms with Crippen molar-refractivity contribution in [1.82, 2.24) is 0 Å². The summed E-state index contributed by atoms with van der Waals surface area (Å²) >= 11 is 0. The maximum atomic E-state index is 14.9. The SMILES string of the molecule is CCOC#CCCCOc1ccc(C(C)CC(CC)c2ccc(-c3cccc(N4C(=O)c5ccc6c7c(ccc(c57)C4=O)C(=O)N(c4c(F)c(F)c(F)c(F)c4F)C6=O)c3)cc2)cc1. The molecule has 2 unspecified atom stereocenters. The zero-order valence-corrected chi connectivity index (χ0v) is 34.9. The van der Waals surface area contributed by atoms with Crippen molar-refractivity contribution < 1.29 is 50.6 Å². The molecule has 8 rings (SSSR count). The molecule has 13 heteroatoms. The molecule has 4 amide bonds. The zero-order valence-electron chi connectivity index (χ0n) is 34.9. The molecule has 0 bridgehead atoms. The van der Waals surface area contributed by atoms with Crippen LogP contribution in [0, 0.1) is 41.1 Å². The van der Waals surface area contributed by atoms with E-state index in [0.29, 0.717) is 19.6 Å². The maximum absolute atomic E-state index is 14.9. The van der Waals surface area contributed by atoms with E-state index in [4.69, 9.17) is 9.47 Å². The molecule has 8 nitrogen and oxygen atoms in total. The summed E-state index contributed by atoms with van der Waals surface area (Å²) in [4.78, 5) is 56.6. The Morgan fingerprint density at radius 1 is 0.609 bits per heavy atom. The van der Waals surface area contributed by atoms with Gasteiger partial charge < -0.3 is 9.47 Å². The Bertz CT molecular complexity index is 2840. The molecule has 0 aromatic heterocycles. The number of imide groups is 2. The van der Waals surface area contributed by atoms with Gasteiger partial charge in [0.2, 0.25) is 5.82 Å². The molecule has 0 saturated carbocycles. The number of benzene rings is 6. The molecule has 0 spiro atoms. The summed E-state index contributed by atoms with van der Waals surface area (Å²) in [5.41, 5.74) is 1.61. The van der Waals surface area contributed by atoms with Gasteiger partial charge in [-0.3, -0.25) is 19.2 Å². The van der Waals surface area contributed by atoms with Gasteiger partial charge in [-0.2, -0.15) is 0 Å². The van der Waals surface area contributed by atoms with Crippen LogP contribution in [0.4, 0.5) is 33.3 Å². The summed E-state index contributed by atoms with van der Waals surface area (Å²) in [6.07, 6.45) is 6.02. The Labute approximate surface area is 365 Å². The minimum Gasteiger partial charge on any atom is -0.494 e. The van der Waals surface area contributed by atoms with Crippen LogP contribution in [-0.2, 0) is 4.74 Å². The van der Waals surface area contributed by atoms with E-state index < -0.39 is 58.4 Å². The number of hydrogen-bond acceptors (Lipinski definition) is 6. The minimum atomic E-state index is -2.46. The molecule has 0 aliphatic carbocycles. The van der Waals surface area contributed by atoms with Gasteiger partial charge in [0.05, 0.1) is 18.9 Å². The van der Waals surface area contributed by atoms with Crippen molar-refractivity contribution in [3.63, 3.8) is 0 Å². The molecule has 0 saturated heterocycles. The van der Waals surface area contributed by atoms with E-state index in [9.17, 15) is 41.1 Å². The number of ether oxygens (including phenoxy) is 2. The molecule has 2 aliphatic heterocycles. The van der Waals surface area contributed by atoms with E-state index >= 15 is 0 Å². The second kappa shape index (κ2) is 17.8. The fraction of sp³-hybridized carbons (Fsp3) is 0.216. The quantitative estimate of drug-likeness (QED) is 0.0287. The first-order valence-electron chi connectivity index (χ1n) is 20.8. The van der Waals surface area contributed by atoms with Crippen LogP contribution in [0.2, 0.25) is 0 Å². The highest BCUT2D eigenvalue weighted by atomic mass is 19.2. The number of rotatable bonds is 13. The highest BCUT2D eigenvalue weighted by Crippen LogP contribution is 2.42. The molecular weight excluding hydrogens is 832 g/mol. The smallest absolute Gasteiger partial charge is 0.266 e. The lowest BCUT2D eigenvalue weighted by Crippen LogP contribution is -2.44. The van der Waals surface area contributed by atoms with Crippen molar-refractivity contribution in [2.75, 3.05) is 23.0 Å². The van der Waals surface area contributed by atoms with Crippen molar-refractivity contribution in [3.05, 3.63) is 160 Å². The van der Waals surface area contributed by atoms with Crippen LogP contribution in [0.15, 0.2) is 97.1 Å². The number of carbonyl (C=O) groups excluding carboxylic acids is 4. The van der Waals surface area contributed by atoms with E-state index in [1.807, 2.05) is 37.3 Å². The van der Waals surface area contributed by atoms with Crippen molar-refractivity contribution in [3.8, 4) is 28.9 Å². The lowest BCUT2D eigenvalue weighted by Gasteiger charge is -2.32. The van der Waals surface area contributed by atoms with Gasteiger partial charge in [0.15, 0.2) is 23.3 Å². The fourth-order valence-corrected chi connectivity index (χ4v) is 8.39. The van der Waals surface area contributed by atoms with Crippen LogP contribution in [0.3, 0.4) is 0 Å². The summed E-state index contributed by atoms with van der Waals surface area (Å²) in [7, 11) is 0. The topological polar surface area (TPSA) is 93.2 Å². The molecule has 324 valence electrons. The first-order chi connectivity index (χ1) is 30.9. The lowest BCUT2D eigenvalue weighted by atomic mass is 9.84. The number of hydrogen-bond donors (Lipinski definition) is 0. The molecule has 2 heterocycles. The van der Waals surface area contributed by atoms with E-state index in [1.165, 1.54) is 23.3 Å². The average molecular weight is 871 g/mol. The molecule has 2 atom stereocenters. The predicted octanol–water partition coefficient (Wildman–Crippen LogP) is 11.6. The Balaban J connectivity index is 0.991. The molecular formula is C51H39F5N2O6. The number of amides is 4. The first-order valence-corrected chi connectivity index (χ1v) is 20.8. The second-order valence-electron chi connectivity index (χ2n) is 15.5. The molecule has 2 aliphatic rings. The highest BCUT2D eigenvalue weighted by Gasteiger charge is 2.43. The summed E-state index contributed by atoms with van der Waals surface area (Å²) < 4.78 is 82.9. The number of unbranched alkanes of at least 4 members (excludes halogenated alkanes) is 1. The molecule has 0 N–H and O–H groups in total. The van der Waals surface area contributed by atoms with Gasteiger partial charge in [0.25, 0.3) is 23.6 Å². The van der Waals surface area contributed by atoms with Gasteiger partial charge in [-0.15, -0.1) is 0 Å². The van der Waals surface area contributed by atoms with Gasteiger partial charge in [-0.1, -0.05) is 68.3 Å². The normalized spacial score (nSPS) is 14.1. The van der Waals surface area contributed by atoms with Crippen molar-refractivity contribution >= 4 is 45.8 Å². The Morgan fingerprint density at radius 2 is 1.14 bits per heavy atom. The third-order valence-corrected chi connectivity index (χ3v) is 11.7. The standard InChI is InChI=1S/C51H39F5N2O6/c1-4-29(26-28(3)30-16-18-35(19-17-30)64-25-8-6-7-24-63-5-2)31-12-14-32(15-13-31)33-10-9-11-34(27-33)57-48(59)36-20-22-38-41-39(23-21-37(40(36)41)49(57)60)51(62)58(50(38)61)47-45(55)43(53)42(52)44(54)46(47)56/h9-23,27-29H,4-6,8,25-26H2,1-3H3. The molecule has 64 heavy (non-hydrogen) atoms. The lowest BCUT2D eigenvalue weighted by molar-refractivity contribution is 0.0871. The molecule has 6 aromatic carbocycles. The van der Waals surface area contributed by atoms with Crippen molar-refractivity contribution in [2.24, 2.45) is 0 Å². The minimum absolute atomic E-state index is 0.0465. The highest BCUT2D eigenvalue weighted by molar-refractivity contribution is 6.42. The van der Waals surface area contributed by atoms with Crippen LogP contribution in [0.5, 0.6) is 5.75 Å². The van der Waals surface area contributed by atoms with Crippen LogP contribution in [-0.4, -0.2) is 36.8 Å². The molecule has 6 aromatic rings. The zero-order chi connectivity index (χ0) is 45.4.